The van der Waals surface area contributed by atoms with Gasteiger partial charge in [-0.3, -0.25) is 14.9 Å². The lowest BCUT2D eigenvalue weighted by Gasteiger charge is -2.35. The molecule has 7 heteroatoms. The van der Waals surface area contributed by atoms with Crippen molar-refractivity contribution in [3.8, 4) is 0 Å². The van der Waals surface area contributed by atoms with Gasteiger partial charge in [-0.25, -0.2) is 0 Å². The minimum atomic E-state index is -0.354. The second-order valence-corrected chi connectivity index (χ2v) is 8.12. The Labute approximate surface area is 176 Å². The molecule has 0 aromatic heterocycles. The number of likely N-dealkylation sites (tertiary alicyclic amines) is 1. The van der Waals surface area contributed by atoms with Gasteiger partial charge >= 0.3 is 0 Å². The van der Waals surface area contributed by atoms with Crippen LogP contribution in [0.25, 0.3) is 0 Å². The zero-order chi connectivity index (χ0) is 20.9. The molecule has 0 saturated carbocycles. The number of rotatable bonds is 6. The van der Waals surface area contributed by atoms with E-state index in [4.69, 9.17) is 0 Å². The predicted octanol–water partition coefficient (Wildman–Crippen LogP) is 4.05. The fraction of sp³-hybridized carbons (Fsp3) is 0.435. The van der Waals surface area contributed by atoms with E-state index in [1.54, 1.807) is 12.1 Å². The van der Waals surface area contributed by atoms with Gasteiger partial charge in [0.1, 0.15) is 5.69 Å². The fourth-order valence-electron chi connectivity index (χ4n) is 4.42. The molecule has 1 atom stereocenters. The molecule has 4 rings (SSSR count). The molecule has 0 radical (unpaired) electrons. The zero-order valence-electron chi connectivity index (χ0n) is 17.1. The number of nitrogens with one attached hydrogen (secondary N) is 1. The smallest absolute Gasteiger partial charge is 0.292 e. The van der Waals surface area contributed by atoms with Crippen molar-refractivity contribution in [2.75, 3.05) is 36.4 Å². The van der Waals surface area contributed by atoms with Crippen LogP contribution in [0.1, 0.15) is 31.2 Å². The van der Waals surface area contributed by atoms with E-state index in [-0.39, 0.29) is 22.4 Å². The van der Waals surface area contributed by atoms with E-state index in [9.17, 15) is 14.9 Å². The first kappa shape index (κ1) is 20.2. The van der Waals surface area contributed by atoms with Crippen LogP contribution in [0, 0.1) is 16.0 Å². The van der Waals surface area contributed by atoms with Crippen LogP contribution in [0.15, 0.2) is 48.5 Å². The number of hydrogen-bond acceptors (Lipinski definition) is 5. The molecule has 2 heterocycles. The van der Waals surface area contributed by atoms with E-state index >= 15 is 0 Å². The molecule has 2 saturated heterocycles. The van der Waals surface area contributed by atoms with E-state index in [0.717, 1.165) is 56.6 Å². The largest absolute Gasteiger partial charge is 0.375 e. The summed E-state index contributed by atoms with van der Waals surface area (Å²) < 4.78 is 0. The number of benzene rings is 2. The highest BCUT2D eigenvalue weighted by Gasteiger charge is 2.31. The molecular weight excluding hydrogens is 380 g/mol. The Morgan fingerprint density at radius 3 is 2.57 bits per heavy atom. The summed E-state index contributed by atoms with van der Waals surface area (Å²) in [5.74, 6) is 0.273. The van der Waals surface area contributed by atoms with Gasteiger partial charge in [0.05, 0.1) is 10.8 Å². The quantitative estimate of drug-likeness (QED) is 0.576. The first-order valence-electron chi connectivity index (χ1n) is 10.7. The van der Waals surface area contributed by atoms with Gasteiger partial charge in [-0.2, -0.15) is 0 Å². The van der Waals surface area contributed by atoms with Crippen LogP contribution in [0.3, 0.4) is 0 Å². The number of hydrogen-bond donors (Lipinski definition) is 1. The van der Waals surface area contributed by atoms with Gasteiger partial charge in [-0.15, -0.1) is 0 Å². The molecule has 2 aromatic rings. The second-order valence-electron chi connectivity index (χ2n) is 8.12. The van der Waals surface area contributed by atoms with Gasteiger partial charge < -0.3 is 15.1 Å². The minimum Gasteiger partial charge on any atom is -0.375 e. The lowest BCUT2D eigenvalue weighted by Crippen LogP contribution is -2.44. The maximum absolute atomic E-state index is 12.8. The number of nitro benzene ring substituents is 1. The third kappa shape index (κ3) is 4.56. The van der Waals surface area contributed by atoms with E-state index in [1.165, 1.54) is 0 Å². The van der Waals surface area contributed by atoms with E-state index in [1.807, 2.05) is 41.3 Å². The molecule has 2 aliphatic heterocycles. The number of amides is 1. The van der Waals surface area contributed by atoms with Gasteiger partial charge in [-0.1, -0.05) is 30.3 Å². The molecule has 0 spiro atoms. The van der Waals surface area contributed by atoms with Crippen molar-refractivity contribution in [1.29, 1.82) is 0 Å². The molecule has 0 bridgehead atoms. The summed E-state index contributed by atoms with van der Waals surface area (Å²) in [6.45, 7) is 3.80. The highest BCUT2D eigenvalue weighted by molar-refractivity contribution is 5.80. The number of carbonyl (C=O) groups is 1. The number of anilines is 2. The van der Waals surface area contributed by atoms with Crippen molar-refractivity contribution in [3.05, 3.63) is 64.2 Å². The Kier molecular flexibility index (Phi) is 6.16. The molecule has 2 aliphatic rings. The van der Waals surface area contributed by atoms with Crippen LogP contribution < -0.4 is 10.2 Å². The molecule has 1 N–H and O–H groups in total. The number of nitro groups is 1. The Morgan fingerprint density at radius 1 is 1.07 bits per heavy atom. The average Bonchev–Trinajstić information content (AvgIpc) is 3.32. The van der Waals surface area contributed by atoms with Crippen LogP contribution in [0.5, 0.6) is 0 Å². The SMILES string of the molecule is O=C(C1CCCN(c2ccc([N+](=O)[O-])c(NCc3ccccc3)c2)C1)N1CCCC1. The summed E-state index contributed by atoms with van der Waals surface area (Å²) in [5.41, 5.74) is 2.56. The van der Waals surface area contributed by atoms with Crippen molar-refractivity contribution in [1.82, 2.24) is 4.90 Å². The average molecular weight is 409 g/mol. The van der Waals surface area contributed by atoms with Gasteiger partial charge in [0.25, 0.3) is 5.69 Å². The van der Waals surface area contributed by atoms with E-state index in [2.05, 4.69) is 10.2 Å². The Balaban J connectivity index is 1.50. The highest BCUT2D eigenvalue weighted by Crippen LogP contribution is 2.32. The van der Waals surface area contributed by atoms with Crippen molar-refractivity contribution in [3.63, 3.8) is 0 Å². The molecular formula is C23H28N4O3. The van der Waals surface area contributed by atoms with Gasteiger partial charge in [0.2, 0.25) is 5.91 Å². The van der Waals surface area contributed by atoms with Crippen molar-refractivity contribution < 1.29 is 9.72 Å². The molecule has 30 heavy (non-hydrogen) atoms. The molecule has 2 aromatic carbocycles. The molecule has 1 unspecified atom stereocenters. The van der Waals surface area contributed by atoms with Crippen LogP contribution >= 0.6 is 0 Å². The monoisotopic (exact) mass is 408 g/mol. The number of piperidine rings is 1. The Bertz CT molecular complexity index is 897. The highest BCUT2D eigenvalue weighted by atomic mass is 16.6. The molecule has 1 amide bonds. The first-order valence-corrected chi connectivity index (χ1v) is 10.7. The van der Waals surface area contributed by atoms with Gasteiger partial charge in [0, 0.05) is 44.5 Å². The fourth-order valence-corrected chi connectivity index (χ4v) is 4.42. The van der Waals surface area contributed by atoms with Crippen LogP contribution in [-0.2, 0) is 11.3 Å². The van der Waals surface area contributed by atoms with Crippen LogP contribution in [0.4, 0.5) is 17.1 Å². The summed E-state index contributed by atoms with van der Waals surface area (Å²) in [5, 5.41) is 14.7. The molecule has 0 aliphatic carbocycles. The lowest BCUT2D eigenvalue weighted by atomic mass is 9.96. The lowest BCUT2D eigenvalue weighted by molar-refractivity contribution is -0.384. The standard InChI is InChI=1S/C23H28N4O3/c28-23(25-12-4-5-13-25)19-9-6-14-26(17-19)20-10-11-22(27(29)30)21(15-20)24-16-18-7-2-1-3-8-18/h1-3,7-8,10-11,15,19,24H,4-6,9,12-14,16-17H2. The first-order chi connectivity index (χ1) is 14.6. The molecule has 2 fully saturated rings. The third-order valence-electron chi connectivity index (χ3n) is 6.06. The minimum absolute atomic E-state index is 0.00719. The van der Waals surface area contributed by atoms with Crippen molar-refractivity contribution >= 4 is 23.0 Å². The molecule has 7 nitrogen and oxygen atoms in total. The summed E-state index contributed by atoms with van der Waals surface area (Å²) in [7, 11) is 0. The van der Waals surface area contributed by atoms with Gasteiger partial charge in [-0.05, 0) is 43.4 Å². The van der Waals surface area contributed by atoms with Crippen molar-refractivity contribution in [2.24, 2.45) is 5.92 Å². The Hall–Kier alpha value is -3.09. The maximum Gasteiger partial charge on any atom is 0.292 e. The predicted molar refractivity (Wildman–Crippen MR) is 118 cm³/mol. The van der Waals surface area contributed by atoms with Crippen LogP contribution in [-0.4, -0.2) is 41.9 Å². The summed E-state index contributed by atoms with van der Waals surface area (Å²) in [4.78, 5) is 28.2. The number of nitrogens with zero attached hydrogens (tertiary/aromatic N) is 3. The summed E-state index contributed by atoms with van der Waals surface area (Å²) in [6.07, 6.45) is 4.06. The van der Waals surface area contributed by atoms with E-state index < -0.39 is 0 Å². The topological polar surface area (TPSA) is 78.7 Å². The zero-order valence-corrected chi connectivity index (χ0v) is 17.1. The Morgan fingerprint density at radius 2 is 1.83 bits per heavy atom. The summed E-state index contributed by atoms with van der Waals surface area (Å²) >= 11 is 0. The second kappa shape index (κ2) is 9.15. The van der Waals surface area contributed by atoms with Crippen LogP contribution in [0.2, 0.25) is 0 Å². The normalized spacial score (nSPS) is 19.0. The third-order valence-corrected chi connectivity index (χ3v) is 6.06. The summed E-state index contributed by atoms with van der Waals surface area (Å²) in [6, 6.07) is 15.0. The van der Waals surface area contributed by atoms with Gasteiger partial charge in [0.15, 0.2) is 0 Å². The number of carbonyl (C=O) groups excluding carboxylic acids is 1. The van der Waals surface area contributed by atoms with Crippen molar-refractivity contribution in [2.45, 2.75) is 32.2 Å². The maximum atomic E-state index is 12.8. The van der Waals surface area contributed by atoms with E-state index in [0.29, 0.717) is 18.8 Å². The molecule has 158 valence electrons.